The van der Waals surface area contributed by atoms with E-state index in [1.165, 1.54) is 0 Å². The van der Waals surface area contributed by atoms with Crippen LogP contribution in [0.4, 0.5) is 0 Å². The van der Waals surface area contributed by atoms with E-state index >= 15 is 0 Å². The maximum absolute atomic E-state index is 13.2. The first-order valence-electron chi connectivity index (χ1n) is 12.5. The van der Waals surface area contributed by atoms with Gasteiger partial charge in [0.15, 0.2) is 0 Å². The number of β-amino-alcohol motifs (C(OH)–C–C–N with tert-alkyl or cyclic N) is 1. The maximum atomic E-state index is 13.2. The van der Waals surface area contributed by atoms with Gasteiger partial charge in [-0.15, -0.1) is 11.6 Å². The third kappa shape index (κ3) is 6.16. The minimum Gasteiger partial charge on any atom is -0.395 e. The highest BCUT2D eigenvalue weighted by Gasteiger charge is 2.42. The summed E-state index contributed by atoms with van der Waals surface area (Å²) in [6.07, 6.45) is 4.70. The van der Waals surface area contributed by atoms with Gasteiger partial charge in [-0.25, -0.2) is 0 Å². The van der Waals surface area contributed by atoms with Crippen molar-refractivity contribution in [2.45, 2.75) is 76.4 Å². The highest BCUT2D eigenvalue weighted by Crippen LogP contribution is 2.37. The van der Waals surface area contributed by atoms with Gasteiger partial charge in [0.2, 0.25) is 11.8 Å². The first kappa shape index (κ1) is 25.7. The van der Waals surface area contributed by atoms with Crippen LogP contribution in [0.3, 0.4) is 0 Å². The highest BCUT2D eigenvalue weighted by molar-refractivity contribution is 6.20. The zero-order valence-electron chi connectivity index (χ0n) is 20.2. The van der Waals surface area contributed by atoms with Gasteiger partial charge >= 0.3 is 0 Å². The van der Waals surface area contributed by atoms with Crippen LogP contribution in [0.15, 0.2) is 0 Å². The molecule has 0 aromatic carbocycles. The molecule has 8 heteroatoms. The van der Waals surface area contributed by atoms with E-state index < -0.39 is 0 Å². The molecule has 3 rings (SSSR count). The summed E-state index contributed by atoms with van der Waals surface area (Å²) < 4.78 is 0. The molecule has 0 spiro atoms. The normalized spacial score (nSPS) is 37.3. The summed E-state index contributed by atoms with van der Waals surface area (Å²) in [5, 5.41) is 15.3. The first-order valence-corrected chi connectivity index (χ1v) is 12.9. The molecule has 3 N–H and O–H groups in total. The third-order valence-electron chi connectivity index (χ3n) is 8.29. The Bertz CT molecular complexity index is 643. The molecule has 0 aromatic rings. The van der Waals surface area contributed by atoms with E-state index in [1.54, 1.807) is 0 Å². The quantitative estimate of drug-likeness (QED) is 0.493. The number of nitrogens with one attached hydrogen (secondary N) is 2. The minimum atomic E-state index is -0.163. The van der Waals surface area contributed by atoms with Crippen LogP contribution in [0.25, 0.3) is 0 Å². The smallest absolute Gasteiger partial charge is 0.225 e. The lowest BCUT2D eigenvalue weighted by atomic mass is 9.74. The Balaban J connectivity index is 1.56. The molecule has 184 valence electrons. The first-order chi connectivity index (χ1) is 15.2. The largest absolute Gasteiger partial charge is 0.395 e. The highest BCUT2D eigenvalue weighted by atomic mass is 35.5. The molecular formula is C24H43ClN4O3. The minimum absolute atomic E-state index is 0.0124. The van der Waals surface area contributed by atoms with E-state index in [0.29, 0.717) is 19.0 Å². The fourth-order valence-electron chi connectivity index (χ4n) is 6.20. The fourth-order valence-corrected chi connectivity index (χ4v) is 6.58. The molecule has 0 radical (unpaired) electrons. The van der Waals surface area contributed by atoms with Crippen molar-refractivity contribution in [3.05, 3.63) is 0 Å². The Hall–Kier alpha value is -0.890. The van der Waals surface area contributed by atoms with E-state index in [4.69, 9.17) is 11.6 Å². The standard InChI is InChI=1S/C24H43ClN4O3/c1-15-11-16(2)27-24(32)21(15)14-26-23(31)20-12-18(25)13-22(17(20)3)28(4)19-5-7-29(8-6-19)9-10-30/h15-22,30H,5-14H2,1-4H3,(H,26,31)(H,27,32). The predicted molar refractivity (Wildman–Crippen MR) is 128 cm³/mol. The number of amides is 2. The Morgan fingerprint density at radius 3 is 2.53 bits per heavy atom. The summed E-state index contributed by atoms with van der Waals surface area (Å²) >= 11 is 6.67. The number of aliphatic hydroxyl groups is 1. The molecule has 2 aliphatic heterocycles. The average Bonchev–Trinajstić information content (AvgIpc) is 2.74. The summed E-state index contributed by atoms with van der Waals surface area (Å²) in [6, 6.07) is 0.956. The Labute approximate surface area is 198 Å². The van der Waals surface area contributed by atoms with Crippen LogP contribution in [0, 0.1) is 23.7 Å². The summed E-state index contributed by atoms with van der Waals surface area (Å²) in [5.41, 5.74) is 0. The summed E-state index contributed by atoms with van der Waals surface area (Å²) in [7, 11) is 2.19. The monoisotopic (exact) mass is 470 g/mol. The zero-order chi connectivity index (χ0) is 23.4. The number of nitrogens with zero attached hydrogens (tertiary/aromatic N) is 2. The number of carbonyl (C=O) groups excluding carboxylic acids is 2. The van der Waals surface area contributed by atoms with Crippen molar-refractivity contribution in [1.82, 2.24) is 20.4 Å². The molecule has 7 unspecified atom stereocenters. The lowest BCUT2D eigenvalue weighted by molar-refractivity contribution is -0.132. The lowest BCUT2D eigenvalue weighted by Crippen LogP contribution is -2.55. The van der Waals surface area contributed by atoms with Gasteiger partial charge in [-0.05, 0) is 71.0 Å². The van der Waals surface area contributed by atoms with E-state index in [-0.39, 0.29) is 59.6 Å². The Morgan fingerprint density at radius 1 is 1.22 bits per heavy atom. The van der Waals surface area contributed by atoms with Gasteiger partial charge in [0.1, 0.15) is 0 Å². The van der Waals surface area contributed by atoms with Crippen LogP contribution >= 0.6 is 11.6 Å². The van der Waals surface area contributed by atoms with Gasteiger partial charge in [-0.3, -0.25) is 9.59 Å². The molecule has 0 aromatic heterocycles. The van der Waals surface area contributed by atoms with Gasteiger partial charge in [0.05, 0.1) is 12.5 Å². The number of rotatable bonds is 7. The van der Waals surface area contributed by atoms with Gasteiger partial charge in [0.25, 0.3) is 0 Å². The molecule has 3 fully saturated rings. The van der Waals surface area contributed by atoms with Crippen LogP contribution in [0.5, 0.6) is 0 Å². The van der Waals surface area contributed by atoms with Crippen molar-refractivity contribution < 1.29 is 14.7 Å². The van der Waals surface area contributed by atoms with Crippen LogP contribution < -0.4 is 10.6 Å². The zero-order valence-corrected chi connectivity index (χ0v) is 21.0. The predicted octanol–water partition coefficient (Wildman–Crippen LogP) is 1.67. The number of halogens is 1. The Morgan fingerprint density at radius 2 is 1.91 bits per heavy atom. The number of hydrogen-bond donors (Lipinski definition) is 3. The molecule has 2 amide bonds. The summed E-state index contributed by atoms with van der Waals surface area (Å²) in [6.45, 7) is 9.69. The number of aliphatic hydroxyl groups excluding tert-OH is 1. The van der Waals surface area contributed by atoms with Gasteiger partial charge in [-0.1, -0.05) is 13.8 Å². The van der Waals surface area contributed by atoms with Gasteiger partial charge in [0, 0.05) is 42.5 Å². The van der Waals surface area contributed by atoms with Crippen molar-refractivity contribution in [2.24, 2.45) is 23.7 Å². The fraction of sp³-hybridized carbons (Fsp3) is 0.917. The summed E-state index contributed by atoms with van der Waals surface area (Å²) in [5.74, 6) is 0.269. The number of carbonyl (C=O) groups is 2. The van der Waals surface area contributed by atoms with Crippen molar-refractivity contribution in [1.29, 1.82) is 0 Å². The lowest BCUT2D eigenvalue weighted by Gasteiger charge is -2.47. The second kappa shape index (κ2) is 11.5. The second-order valence-electron chi connectivity index (χ2n) is 10.5. The molecule has 7 atom stereocenters. The van der Waals surface area contributed by atoms with Crippen molar-refractivity contribution in [2.75, 3.05) is 39.8 Å². The van der Waals surface area contributed by atoms with E-state index in [1.807, 2.05) is 6.92 Å². The number of hydrogen-bond acceptors (Lipinski definition) is 5. The van der Waals surface area contributed by atoms with Crippen molar-refractivity contribution in [3.8, 4) is 0 Å². The number of likely N-dealkylation sites (tertiary alicyclic amines) is 1. The molecular weight excluding hydrogens is 428 g/mol. The van der Waals surface area contributed by atoms with Crippen LogP contribution in [0.2, 0.25) is 0 Å². The molecule has 32 heavy (non-hydrogen) atoms. The maximum Gasteiger partial charge on any atom is 0.225 e. The van der Waals surface area contributed by atoms with E-state index in [0.717, 1.165) is 45.3 Å². The third-order valence-corrected chi connectivity index (χ3v) is 8.65. The van der Waals surface area contributed by atoms with E-state index in [2.05, 4.69) is 41.3 Å². The molecule has 1 aliphatic carbocycles. The number of piperidine rings is 2. The van der Waals surface area contributed by atoms with Crippen LogP contribution in [-0.2, 0) is 9.59 Å². The van der Waals surface area contributed by atoms with Gasteiger partial charge in [-0.2, -0.15) is 0 Å². The second-order valence-corrected chi connectivity index (χ2v) is 11.2. The molecule has 7 nitrogen and oxygen atoms in total. The van der Waals surface area contributed by atoms with Crippen molar-refractivity contribution >= 4 is 23.4 Å². The SMILES string of the molecule is CC1CC(C)C(CNC(=O)C2CC(Cl)CC(N(C)C3CCN(CCO)CC3)C2C)C(=O)N1. The molecule has 2 saturated heterocycles. The topological polar surface area (TPSA) is 84.9 Å². The molecule has 1 saturated carbocycles. The van der Waals surface area contributed by atoms with Crippen molar-refractivity contribution in [3.63, 3.8) is 0 Å². The Kier molecular flexibility index (Phi) is 9.24. The van der Waals surface area contributed by atoms with Crippen LogP contribution in [0.1, 0.15) is 52.9 Å². The molecule has 0 bridgehead atoms. The molecule has 2 heterocycles. The molecule has 3 aliphatic rings. The average molecular weight is 471 g/mol. The van der Waals surface area contributed by atoms with Crippen LogP contribution in [-0.4, -0.2) is 90.1 Å². The summed E-state index contributed by atoms with van der Waals surface area (Å²) in [4.78, 5) is 30.4. The number of alkyl halides is 1. The van der Waals surface area contributed by atoms with Gasteiger partial charge < -0.3 is 25.5 Å². The van der Waals surface area contributed by atoms with E-state index in [9.17, 15) is 14.7 Å².